The van der Waals surface area contributed by atoms with Crippen LogP contribution in [0.3, 0.4) is 0 Å². The minimum atomic E-state index is -0.366. The molecule has 1 atom stereocenters. The van der Waals surface area contributed by atoms with E-state index in [1.807, 2.05) is 26.8 Å². The molecular weight excluding hydrogens is 256 g/mol. The first-order valence-corrected chi connectivity index (χ1v) is 7.06. The van der Waals surface area contributed by atoms with Crippen molar-refractivity contribution in [3.8, 4) is 0 Å². The second kappa shape index (κ2) is 7.33. The third kappa shape index (κ3) is 5.65. The van der Waals surface area contributed by atoms with Gasteiger partial charge in [0, 0.05) is 18.7 Å². The highest BCUT2D eigenvalue weighted by atomic mass is 16.3. The molecule has 0 aliphatic heterocycles. The minimum Gasteiger partial charge on any atom is -0.472 e. The Morgan fingerprint density at radius 2 is 2.25 bits per heavy atom. The van der Waals surface area contributed by atoms with Crippen molar-refractivity contribution in [2.75, 3.05) is 13.1 Å². The number of urea groups is 1. The first-order valence-electron chi connectivity index (χ1n) is 7.06. The monoisotopic (exact) mass is 282 g/mol. The van der Waals surface area contributed by atoms with Gasteiger partial charge in [-0.3, -0.25) is 0 Å². The summed E-state index contributed by atoms with van der Waals surface area (Å²) in [7, 11) is 0. The van der Waals surface area contributed by atoms with Gasteiger partial charge in [-0.15, -0.1) is 0 Å². The van der Waals surface area contributed by atoms with Gasteiger partial charge in [0.15, 0.2) is 0 Å². The zero-order valence-electron chi connectivity index (χ0n) is 12.8. The molecule has 1 unspecified atom stereocenters. The molecule has 0 aliphatic rings. The molecule has 0 saturated carbocycles. The molecule has 0 aliphatic carbocycles. The van der Waals surface area contributed by atoms with E-state index >= 15 is 0 Å². The third-order valence-corrected chi connectivity index (χ3v) is 3.19. The first-order chi connectivity index (χ1) is 9.34. The number of aliphatic hydroxyl groups is 1. The summed E-state index contributed by atoms with van der Waals surface area (Å²) in [5.41, 5.74) is 0.851. The topological polar surface area (TPSA) is 65.7 Å². The summed E-state index contributed by atoms with van der Waals surface area (Å²) in [5, 5.41) is 12.4. The number of hydrogen-bond acceptors (Lipinski definition) is 3. The van der Waals surface area contributed by atoms with Crippen molar-refractivity contribution in [3.63, 3.8) is 0 Å². The van der Waals surface area contributed by atoms with Crippen molar-refractivity contribution in [2.45, 2.75) is 46.8 Å². The summed E-state index contributed by atoms with van der Waals surface area (Å²) in [6.07, 6.45) is 3.54. The van der Waals surface area contributed by atoms with Crippen molar-refractivity contribution >= 4 is 6.03 Å². The Kier molecular flexibility index (Phi) is 6.07. The van der Waals surface area contributed by atoms with Gasteiger partial charge in [0.05, 0.1) is 25.2 Å². The third-order valence-electron chi connectivity index (χ3n) is 3.19. The van der Waals surface area contributed by atoms with Gasteiger partial charge in [0.2, 0.25) is 0 Å². The standard InChI is InChI=1S/C15H26N2O3/c1-5-17(9-13-6-7-20-10-13)14(19)16-11-15(3,4)8-12(2)18/h6-7,10,12,18H,5,8-9,11H2,1-4H3,(H,16,19). The maximum atomic E-state index is 12.2. The molecule has 0 spiro atoms. The van der Waals surface area contributed by atoms with Crippen molar-refractivity contribution in [2.24, 2.45) is 5.41 Å². The van der Waals surface area contributed by atoms with Gasteiger partial charge in [0.25, 0.3) is 0 Å². The molecule has 0 fully saturated rings. The van der Waals surface area contributed by atoms with Crippen LogP contribution in [0.1, 0.15) is 39.7 Å². The van der Waals surface area contributed by atoms with Gasteiger partial charge in [-0.05, 0) is 31.7 Å². The molecule has 2 amide bonds. The Hall–Kier alpha value is -1.49. The molecule has 114 valence electrons. The Morgan fingerprint density at radius 3 is 2.75 bits per heavy atom. The van der Waals surface area contributed by atoms with Crippen LogP contribution in [0.5, 0.6) is 0 Å². The van der Waals surface area contributed by atoms with Gasteiger partial charge >= 0.3 is 6.03 Å². The predicted octanol–water partition coefficient (Wildman–Crippen LogP) is 2.61. The van der Waals surface area contributed by atoms with E-state index in [4.69, 9.17) is 4.42 Å². The predicted molar refractivity (Wildman–Crippen MR) is 78.3 cm³/mol. The zero-order valence-corrected chi connectivity index (χ0v) is 12.8. The van der Waals surface area contributed by atoms with Crippen LogP contribution < -0.4 is 5.32 Å². The van der Waals surface area contributed by atoms with E-state index < -0.39 is 0 Å². The van der Waals surface area contributed by atoms with Gasteiger partial charge in [-0.25, -0.2) is 4.79 Å². The lowest BCUT2D eigenvalue weighted by molar-refractivity contribution is 0.126. The Balaban J connectivity index is 2.47. The van der Waals surface area contributed by atoms with E-state index in [1.165, 1.54) is 0 Å². The molecule has 2 N–H and O–H groups in total. The van der Waals surface area contributed by atoms with Gasteiger partial charge in [0.1, 0.15) is 0 Å². The number of nitrogens with zero attached hydrogens (tertiary/aromatic N) is 1. The Labute approximate surface area is 121 Å². The van der Waals surface area contributed by atoms with Crippen molar-refractivity contribution in [1.29, 1.82) is 0 Å². The fourth-order valence-corrected chi connectivity index (χ4v) is 2.23. The maximum absolute atomic E-state index is 12.2. The summed E-state index contributed by atoms with van der Waals surface area (Å²) in [4.78, 5) is 13.9. The molecule has 0 aromatic carbocycles. The highest BCUT2D eigenvalue weighted by Gasteiger charge is 2.22. The molecule has 1 aromatic rings. The normalized spacial score (nSPS) is 13.1. The number of furan rings is 1. The minimum absolute atomic E-state index is 0.0904. The summed E-state index contributed by atoms with van der Waals surface area (Å²) < 4.78 is 5.01. The average Bonchev–Trinajstić information content (AvgIpc) is 2.84. The maximum Gasteiger partial charge on any atom is 0.317 e. The smallest absolute Gasteiger partial charge is 0.317 e. The first kappa shape index (κ1) is 16.6. The van der Waals surface area contributed by atoms with E-state index in [-0.39, 0.29) is 17.6 Å². The number of aliphatic hydroxyl groups excluding tert-OH is 1. The van der Waals surface area contributed by atoms with Crippen LogP contribution in [0.4, 0.5) is 4.79 Å². The highest BCUT2D eigenvalue weighted by Crippen LogP contribution is 2.21. The van der Waals surface area contributed by atoms with Crippen LogP contribution in [0.15, 0.2) is 23.0 Å². The molecule has 0 bridgehead atoms. The zero-order chi connectivity index (χ0) is 15.2. The number of amides is 2. The molecule has 0 radical (unpaired) electrons. The van der Waals surface area contributed by atoms with Crippen LogP contribution in [-0.4, -0.2) is 35.2 Å². The van der Waals surface area contributed by atoms with E-state index in [0.717, 1.165) is 5.56 Å². The van der Waals surface area contributed by atoms with Crippen LogP contribution in [0.25, 0.3) is 0 Å². The number of carbonyl (C=O) groups is 1. The van der Waals surface area contributed by atoms with Crippen LogP contribution >= 0.6 is 0 Å². The molecule has 20 heavy (non-hydrogen) atoms. The fourth-order valence-electron chi connectivity index (χ4n) is 2.23. The summed E-state index contributed by atoms with van der Waals surface area (Å²) >= 11 is 0. The molecule has 1 heterocycles. The lowest BCUT2D eigenvalue weighted by Crippen LogP contribution is -2.43. The molecule has 1 rings (SSSR count). The lowest BCUT2D eigenvalue weighted by atomic mass is 9.87. The summed E-state index contributed by atoms with van der Waals surface area (Å²) in [5.74, 6) is 0. The quantitative estimate of drug-likeness (QED) is 0.808. The number of carbonyl (C=O) groups excluding carboxylic acids is 1. The van der Waals surface area contributed by atoms with Crippen molar-refractivity contribution < 1.29 is 14.3 Å². The van der Waals surface area contributed by atoms with Gasteiger partial charge in [-0.2, -0.15) is 0 Å². The van der Waals surface area contributed by atoms with Crippen LogP contribution in [-0.2, 0) is 6.54 Å². The second-order valence-electron chi connectivity index (χ2n) is 6.02. The van der Waals surface area contributed by atoms with Crippen LogP contribution in [0.2, 0.25) is 0 Å². The van der Waals surface area contributed by atoms with E-state index in [0.29, 0.717) is 26.1 Å². The van der Waals surface area contributed by atoms with Crippen molar-refractivity contribution in [3.05, 3.63) is 24.2 Å². The number of rotatable bonds is 7. The lowest BCUT2D eigenvalue weighted by Gasteiger charge is -2.28. The molecule has 5 nitrogen and oxygen atoms in total. The van der Waals surface area contributed by atoms with Gasteiger partial charge < -0.3 is 19.7 Å². The second-order valence-corrected chi connectivity index (χ2v) is 6.02. The summed E-state index contributed by atoms with van der Waals surface area (Å²) in [6, 6.07) is 1.76. The largest absolute Gasteiger partial charge is 0.472 e. The van der Waals surface area contributed by atoms with Crippen LogP contribution in [0, 0.1) is 5.41 Å². The summed E-state index contributed by atoms with van der Waals surface area (Å²) in [6.45, 7) is 9.49. The molecule has 5 heteroatoms. The van der Waals surface area contributed by atoms with E-state index in [9.17, 15) is 9.90 Å². The van der Waals surface area contributed by atoms with Crippen molar-refractivity contribution in [1.82, 2.24) is 10.2 Å². The number of hydrogen-bond donors (Lipinski definition) is 2. The molecule has 1 aromatic heterocycles. The average molecular weight is 282 g/mol. The van der Waals surface area contributed by atoms with Gasteiger partial charge in [-0.1, -0.05) is 13.8 Å². The SMILES string of the molecule is CCN(Cc1ccoc1)C(=O)NCC(C)(C)CC(C)O. The molecular formula is C15H26N2O3. The Bertz CT molecular complexity index is 399. The molecule has 0 saturated heterocycles. The number of nitrogens with one attached hydrogen (secondary N) is 1. The highest BCUT2D eigenvalue weighted by molar-refractivity contribution is 5.74. The van der Waals surface area contributed by atoms with E-state index in [1.54, 1.807) is 24.3 Å². The Morgan fingerprint density at radius 1 is 1.55 bits per heavy atom. The van der Waals surface area contributed by atoms with E-state index in [2.05, 4.69) is 5.32 Å². The fraction of sp³-hybridized carbons (Fsp3) is 0.667.